The third-order valence-corrected chi connectivity index (χ3v) is 4.44. The Balaban J connectivity index is 1.33. The van der Waals surface area contributed by atoms with Crippen LogP contribution in [0.15, 0.2) is 60.8 Å². The van der Waals surface area contributed by atoms with E-state index in [1.54, 1.807) is 12.0 Å². The molecular formula is C19H19N5O2. The van der Waals surface area contributed by atoms with Gasteiger partial charge in [-0.2, -0.15) is 0 Å². The summed E-state index contributed by atoms with van der Waals surface area (Å²) in [5.74, 6) is 0.757. The molecule has 7 heteroatoms. The SMILES string of the molecule is COc1ccc(NC(=O)N2CC(n3cc(-c4ccccc4)nn3)C2)cc1. The topological polar surface area (TPSA) is 72.3 Å². The molecule has 1 fully saturated rings. The van der Waals surface area contributed by atoms with Crippen molar-refractivity contribution in [1.29, 1.82) is 0 Å². The van der Waals surface area contributed by atoms with Gasteiger partial charge < -0.3 is 15.0 Å². The number of aromatic nitrogens is 3. The summed E-state index contributed by atoms with van der Waals surface area (Å²) in [6, 6.07) is 17.2. The number of benzene rings is 2. The van der Waals surface area contributed by atoms with Gasteiger partial charge in [0.1, 0.15) is 11.4 Å². The zero-order valence-electron chi connectivity index (χ0n) is 14.4. The zero-order chi connectivity index (χ0) is 17.9. The highest BCUT2D eigenvalue weighted by Gasteiger charge is 2.32. The second-order valence-electron chi connectivity index (χ2n) is 6.17. The van der Waals surface area contributed by atoms with Crippen molar-refractivity contribution in [3.63, 3.8) is 0 Å². The van der Waals surface area contributed by atoms with Gasteiger partial charge >= 0.3 is 6.03 Å². The van der Waals surface area contributed by atoms with Crippen molar-refractivity contribution < 1.29 is 9.53 Å². The molecule has 1 aliphatic heterocycles. The lowest BCUT2D eigenvalue weighted by Gasteiger charge is -2.38. The second-order valence-corrected chi connectivity index (χ2v) is 6.17. The number of carbonyl (C=O) groups is 1. The number of methoxy groups -OCH3 is 1. The van der Waals surface area contributed by atoms with Crippen LogP contribution in [-0.4, -0.2) is 46.1 Å². The molecule has 0 saturated carbocycles. The molecule has 2 amide bonds. The molecule has 0 bridgehead atoms. The first-order valence-corrected chi connectivity index (χ1v) is 8.40. The van der Waals surface area contributed by atoms with Crippen LogP contribution in [0.1, 0.15) is 6.04 Å². The monoisotopic (exact) mass is 349 g/mol. The van der Waals surface area contributed by atoms with Crippen LogP contribution < -0.4 is 10.1 Å². The maximum Gasteiger partial charge on any atom is 0.321 e. The highest BCUT2D eigenvalue weighted by molar-refractivity contribution is 5.89. The number of carbonyl (C=O) groups excluding carboxylic acids is 1. The van der Waals surface area contributed by atoms with Gasteiger partial charge in [-0.05, 0) is 24.3 Å². The Labute approximate surface area is 151 Å². The second kappa shape index (κ2) is 6.87. The number of rotatable bonds is 4. The molecule has 0 atom stereocenters. The van der Waals surface area contributed by atoms with E-state index >= 15 is 0 Å². The summed E-state index contributed by atoms with van der Waals surface area (Å²) in [5, 5.41) is 11.3. The molecule has 1 saturated heterocycles. The molecule has 7 nitrogen and oxygen atoms in total. The van der Waals surface area contributed by atoms with Gasteiger partial charge in [0.05, 0.1) is 19.3 Å². The summed E-state index contributed by atoms with van der Waals surface area (Å²) in [6.45, 7) is 1.22. The van der Waals surface area contributed by atoms with Crippen molar-refractivity contribution in [1.82, 2.24) is 19.9 Å². The predicted molar refractivity (Wildman–Crippen MR) is 98.1 cm³/mol. The fraction of sp³-hybridized carbons (Fsp3) is 0.211. The van der Waals surface area contributed by atoms with E-state index in [1.807, 2.05) is 65.5 Å². The third-order valence-electron chi connectivity index (χ3n) is 4.44. The van der Waals surface area contributed by atoms with Crippen LogP contribution >= 0.6 is 0 Å². The molecule has 1 aliphatic rings. The van der Waals surface area contributed by atoms with E-state index in [-0.39, 0.29) is 12.1 Å². The quantitative estimate of drug-likeness (QED) is 0.786. The lowest BCUT2D eigenvalue weighted by molar-refractivity contribution is 0.127. The summed E-state index contributed by atoms with van der Waals surface area (Å²) >= 11 is 0. The van der Waals surface area contributed by atoms with E-state index in [0.717, 1.165) is 22.7 Å². The molecule has 2 heterocycles. The molecule has 4 rings (SSSR count). The van der Waals surface area contributed by atoms with Gasteiger partial charge in [0.25, 0.3) is 0 Å². The fourth-order valence-corrected chi connectivity index (χ4v) is 2.86. The number of nitrogens with zero attached hydrogens (tertiary/aromatic N) is 4. The number of nitrogens with one attached hydrogen (secondary N) is 1. The van der Waals surface area contributed by atoms with Crippen molar-refractivity contribution in [3.05, 3.63) is 60.8 Å². The van der Waals surface area contributed by atoms with E-state index < -0.39 is 0 Å². The molecule has 0 radical (unpaired) electrons. The molecule has 132 valence electrons. The molecule has 1 aromatic heterocycles. The standard InChI is InChI=1S/C19H19N5O2/c1-26-17-9-7-15(8-10-17)20-19(25)23-11-16(12-23)24-13-18(21-22-24)14-5-3-2-4-6-14/h2-10,13,16H,11-12H2,1H3,(H,20,25). The van der Waals surface area contributed by atoms with E-state index in [9.17, 15) is 4.79 Å². The normalized spacial score (nSPS) is 14.0. The van der Waals surface area contributed by atoms with Gasteiger partial charge in [-0.15, -0.1) is 5.10 Å². The van der Waals surface area contributed by atoms with E-state index in [1.165, 1.54) is 0 Å². The van der Waals surface area contributed by atoms with E-state index in [0.29, 0.717) is 13.1 Å². The van der Waals surface area contributed by atoms with Gasteiger partial charge in [0.15, 0.2) is 0 Å². The van der Waals surface area contributed by atoms with Crippen LogP contribution in [0.2, 0.25) is 0 Å². The average Bonchev–Trinajstić information content (AvgIpc) is 3.11. The Bertz CT molecular complexity index is 886. The van der Waals surface area contributed by atoms with Crippen molar-refractivity contribution >= 4 is 11.7 Å². The minimum Gasteiger partial charge on any atom is -0.497 e. The van der Waals surface area contributed by atoms with Crippen LogP contribution in [0, 0.1) is 0 Å². The van der Waals surface area contributed by atoms with Gasteiger partial charge in [0.2, 0.25) is 0 Å². The van der Waals surface area contributed by atoms with E-state index in [4.69, 9.17) is 4.74 Å². The van der Waals surface area contributed by atoms with Crippen LogP contribution in [0.3, 0.4) is 0 Å². The van der Waals surface area contributed by atoms with Gasteiger partial charge in [-0.3, -0.25) is 0 Å². The molecule has 2 aromatic carbocycles. The van der Waals surface area contributed by atoms with Gasteiger partial charge in [-0.25, -0.2) is 9.48 Å². The number of hydrogen-bond donors (Lipinski definition) is 1. The van der Waals surface area contributed by atoms with Crippen molar-refractivity contribution in [2.75, 3.05) is 25.5 Å². The first kappa shape index (κ1) is 16.1. The summed E-state index contributed by atoms with van der Waals surface area (Å²) in [4.78, 5) is 14.0. The van der Waals surface area contributed by atoms with Crippen molar-refractivity contribution in [3.8, 4) is 17.0 Å². The number of anilines is 1. The maximum atomic E-state index is 12.3. The lowest BCUT2D eigenvalue weighted by atomic mass is 10.1. The van der Waals surface area contributed by atoms with E-state index in [2.05, 4.69) is 15.6 Å². The number of hydrogen-bond acceptors (Lipinski definition) is 4. The van der Waals surface area contributed by atoms with Gasteiger partial charge in [-0.1, -0.05) is 35.5 Å². The fourth-order valence-electron chi connectivity index (χ4n) is 2.86. The van der Waals surface area contributed by atoms with Crippen LogP contribution in [0.5, 0.6) is 5.75 Å². The van der Waals surface area contributed by atoms with Crippen molar-refractivity contribution in [2.24, 2.45) is 0 Å². The largest absolute Gasteiger partial charge is 0.497 e. The summed E-state index contributed by atoms with van der Waals surface area (Å²) in [6.07, 6.45) is 1.93. The minimum absolute atomic E-state index is 0.116. The van der Waals surface area contributed by atoms with Crippen LogP contribution in [-0.2, 0) is 0 Å². The third kappa shape index (κ3) is 3.23. The highest BCUT2D eigenvalue weighted by Crippen LogP contribution is 2.24. The van der Waals surface area contributed by atoms with Gasteiger partial charge in [0, 0.05) is 24.3 Å². The Morgan fingerprint density at radius 3 is 2.54 bits per heavy atom. The lowest BCUT2D eigenvalue weighted by Crippen LogP contribution is -2.52. The molecule has 3 aromatic rings. The number of ether oxygens (including phenoxy) is 1. The Kier molecular flexibility index (Phi) is 4.27. The van der Waals surface area contributed by atoms with Crippen molar-refractivity contribution in [2.45, 2.75) is 6.04 Å². The van der Waals surface area contributed by atoms with Crippen LogP contribution in [0.25, 0.3) is 11.3 Å². The van der Waals surface area contributed by atoms with Crippen LogP contribution in [0.4, 0.5) is 10.5 Å². The number of urea groups is 1. The number of likely N-dealkylation sites (tertiary alicyclic amines) is 1. The molecule has 1 N–H and O–H groups in total. The Hall–Kier alpha value is -3.35. The summed E-state index contributed by atoms with van der Waals surface area (Å²) < 4.78 is 6.95. The number of amides is 2. The Morgan fingerprint density at radius 1 is 1.12 bits per heavy atom. The molecular weight excluding hydrogens is 330 g/mol. The summed E-state index contributed by atoms with van der Waals surface area (Å²) in [7, 11) is 1.61. The average molecular weight is 349 g/mol. The maximum absolute atomic E-state index is 12.3. The highest BCUT2D eigenvalue weighted by atomic mass is 16.5. The molecule has 0 spiro atoms. The zero-order valence-corrected chi connectivity index (χ0v) is 14.4. The smallest absolute Gasteiger partial charge is 0.321 e. The first-order valence-electron chi connectivity index (χ1n) is 8.40. The Morgan fingerprint density at radius 2 is 1.85 bits per heavy atom. The first-order chi connectivity index (χ1) is 12.7. The predicted octanol–water partition coefficient (Wildman–Crippen LogP) is 3.04. The summed E-state index contributed by atoms with van der Waals surface area (Å²) in [5.41, 5.74) is 2.62. The molecule has 26 heavy (non-hydrogen) atoms. The molecule has 0 aliphatic carbocycles. The molecule has 0 unspecified atom stereocenters. The minimum atomic E-state index is -0.116.